The van der Waals surface area contributed by atoms with Crippen molar-refractivity contribution in [2.24, 2.45) is 11.5 Å². The molecule has 0 radical (unpaired) electrons. The number of anilines is 2. The Kier molecular flexibility index (Phi) is 18.2. The topological polar surface area (TPSA) is 137 Å². The minimum Gasteiger partial charge on any atom is -0.463 e. The van der Waals surface area contributed by atoms with Crippen molar-refractivity contribution in [2.75, 3.05) is 23.8 Å². The summed E-state index contributed by atoms with van der Waals surface area (Å²) >= 11 is 2.30. The number of halogens is 1. The van der Waals surface area contributed by atoms with Gasteiger partial charge in [0.25, 0.3) is 0 Å². The van der Waals surface area contributed by atoms with Crippen molar-refractivity contribution >= 4 is 63.4 Å². The Hall–Kier alpha value is -3.91. The largest absolute Gasteiger partial charge is 0.463 e. The molecule has 0 unspecified atom stereocenters. The molecule has 0 bridgehead atoms. The average molecular weight is 755 g/mol. The van der Waals surface area contributed by atoms with Crippen molar-refractivity contribution in [1.82, 2.24) is 0 Å². The van der Waals surface area contributed by atoms with Gasteiger partial charge in [-0.3, -0.25) is 0 Å². The fourth-order valence-corrected chi connectivity index (χ4v) is 5.59. The third kappa shape index (κ3) is 15.0. The van der Waals surface area contributed by atoms with Crippen molar-refractivity contribution in [3.05, 3.63) is 87.1 Å². The lowest BCUT2D eigenvalue weighted by Crippen LogP contribution is -2.32. The molecule has 2 aromatic carbocycles. The van der Waals surface area contributed by atoms with E-state index in [0.717, 1.165) is 74.4 Å². The van der Waals surface area contributed by atoms with Gasteiger partial charge in [-0.25, -0.2) is 19.3 Å². The van der Waals surface area contributed by atoms with Crippen LogP contribution in [-0.4, -0.2) is 49.3 Å². The molecule has 0 heterocycles. The number of nitrogens with zero attached hydrogens (tertiary/aromatic N) is 2. The number of carbonyl (C=O) groups excluding carboxylic acids is 2. The standard InChI is InChI=1S/C18H23N3O2.C13H16IN3.C5H8O2/c1-3-23-18(22)11-5-13-4-8-16(20-2)12-17(13)21-15-9-6-14(19)7-10-15;1-16-11-6-7-12(14)13(8-11)17-10-4-2-9(15)3-5-10;1-3-5(6)7-4-2/h4-5,8,11-12,14-15,21H,3,6-7,9-10,19H2,1H3;6-10,17H,2-5,15H2;3H,1,4H2,2H3/b11-5+;;. The Labute approximate surface area is 293 Å². The van der Waals surface area contributed by atoms with Gasteiger partial charge in [0.1, 0.15) is 0 Å². The van der Waals surface area contributed by atoms with Crippen molar-refractivity contribution in [3.63, 3.8) is 0 Å². The summed E-state index contributed by atoms with van der Waals surface area (Å²) in [4.78, 5) is 28.5. The molecule has 47 heavy (non-hydrogen) atoms. The SMILES string of the molecule is C=CC(=O)OCC.[C-]#[N+]c1ccc(/C=C/C(=O)OCC)c(NC2CCC(N)CC2)c1.[C-]#[N+]c1ccc(I)c(NC2CCC(N)CC2)c1. The highest BCUT2D eigenvalue weighted by Gasteiger charge is 2.20. The Morgan fingerprint density at radius 1 is 0.830 bits per heavy atom. The van der Waals surface area contributed by atoms with E-state index < -0.39 is 0 Å². The van der Waals surface area contributed by atoms with Crippen molar-refractivity contribution in [1.29, 1.82) is 0 Å². The Bertz CT molecular complexity index is 1420. The second-order valence-electron chi connectivity index (χ2n) is 11.2. The second kappa shape index (κ2) is 21.8. The highest BCUT2D eigenvalue weighted by Crippen LogP contribution is 2.29. The lowest BCUT2D eigenvalue weighted by Gasteiger charge is -2.28. The van der Waals surface area contributed by atoms with Crippen LogP contribution in [0.1, 0.15) is 70.8 Å². The van der Waals surface area contributed by atoms with E-state index in [-0.39, 0.29) is 11.9 Å². The third-order valence-electron chi connectivity index (χ3n) is 7.65. The van der Waals surface area contributed by atoms with Crippen LogP contribution >= 0.6 is 22.6 Å². The quantitative estimate of drug-likeness (QED) is 0.0883. The molecule has 2 saturated carbocycles. The van der Waals surface area contributed by atoms with Gasteiger partial charge in [0.05, 0.1) is 26.4 Å². The van der Waals surface area contributed by atoms with E-state index in [0.29, 0.717) is 48.8 Å². The van der Waals surface area contributed by atoms with E-state index in [9.17, 15) is 9.59 Å². The fraction of sp³-hybridized carbons (Fsp3) is 0.444. The molecule has 2 fully saturated rings. The molecule has 2 aliphatic carbocycles. The van der Waals surface area contributed by atoms with Crippen LogP contribution in [0.4, 0.5) is 22.7 Å². The zero-order chi connectivity index (χ0) is 34.6. The predicted molar refractivity (Wildman–Crippen MR) is 198 cm³/mol. The van der Waals surface area contributed by atoms with Crippen LogP contribution in [0.15, 0.2) is 55.1 Å². The van der Waals surface area contributed by atoms with Gasteiger partial charge in [-0.2, -0.15) is 0 Å². The van der Waals surface area contributed by atoms with Crippen molar-refractivity contribution in [2.45, 2.75) is 89.4 Å². The van der Waals surface area contributed by atoms with Gasteiger partial charge < -0.3 is 31.6 Å². The second-order valence-corrected chi connectivity index (χ2v) is 12.4. The number of benzene rings is 2. The maximum absolute atomic E-state index is 11.5. The molecule has 252 valence electrons. The van der Waals surface area contributed by atoms with Crippen LogP contribution < -0.4 is 22.1 Å². The Morgan fingerprint density at radius 2 is 1.30 bits per heavy atom. The molecule has 0 saturated heterocycles. The lowest BCUT2D eigenvalue weighted by atomic mass is 9.91. The normalized spacial score (nSPS) is 20.1. The minimum absolute atomic E-state index is 0.297. The first-order valence-corrected chi connectivity index (χ1v) is 17.1. The highest BCUT2D eigenvalue weighted by molar-refractivity contribution is 14.1. The molecular formula is C36H47IN6O4. The van der Waals surface area contributed by atoms with Crippen LogP contribution in [-0.2, 0) is 19.1 Å². The summed E-state index contributed by atoms with van der Waals surface area (Å²) in [7, 11) is 0. The zero-order valence-corrected chi connectivity index (χ0v) is 29.5. The minimum atomic E-state index is -0.364. The first kappa shape index (κ1) is 39.3. The number of nitrogens with two attached hydrogens (primary N) is 2. The van der Waals surface area contributed by atoms with Crippen molar-refractivity contribution < 1.29 is 19.1 Å². The summed E-state index contributed by atoms with van der Waals surface area (Å²) in [6.07, 6.45) is 12.8. The van der Waals surface area contributed by atoms with E-state index in [1.807, 2.05) is 30.3 Å². The van der Waals surface area contributed by atoms with Gasteiger partial charge in [-0.05, 0) is 112 Å². The number of rotatable bonds is 9. The molecule has 2 aliphatic rings. The van der Waals surface area contributed by atoms with Gasteiger partial charge in [0.2, 0.25) is 0 Å². The van der Waals surface area contributed by atoms with E-state index in [4.69, 9.17) is 29.3 Å². The van der Waals surface area contributed by atoms with Crippen molar-refractivity contribution in [3.8, 4) is 0 Å². The smallest absolute Gasteiger partial charge is 0.330 e. The van der Waals surface area contributed by atoms with Crippen LogP contribution in [0.2, 0.25) is 0 Å². The maximum atomic E-state index is 11.5. The lowest BCUT2D eigenvalue weighted by molar-refractivity contribution is -0.138. The van der Waals surface area contributed by atoms with Crippen LogP contribution in [0.5, 0.6) is 0 Å². The molecular weight excluding hydrogens is 707 g/mol. The van der Waals surface area contributed by atoms with Gasteiger partial charge in [-0.1, -0.05) is 30.8 Å². The average Bonchev–Trinajstić information content (AvgIpc) is 3.08. The number of nitrogens with one attached hydrogen (secondary N) is 2. The monoisotopic (exact) mass is 754 g/mol. The van der Waals surface area contributed by atoms with Crippen LogP contribution in [0, 0.1) is 16.7 Å². The Balaban J connectivity index is 0.000000280. The number of esters is 2. The van der Waals surface area contributed by atoms with E-state index >= 15 is 0 Å². The van der Waals surface area contributed by atoms with Crippen LogP contribution in [0.25, 0.3) is 15.8 Å². The molecule has 0 spiro atoms. The first-order chi connectivity index (χ1) is 22.6. The van der Waals surface area contributed by atoms with E-state index in [1.165, 1.54) is 9.65 Å². The molecule has 0 aliphatic heterocycles. The van der Waals surface area contributed by atoms with Gasteiger partial charge in [0.15, 0.2) is 11.4 Å². The summed E-state index contributed by atoms with van der Waals surface area (Å²) in [5.74, 6) is -0.723. The highest BCUT2D eigenvalue weighted by atomic mass is 127. The molecule has 0 aromatic heterocycles. The van der Waals surface area contributed by atoms with Gasteiger partial charge in [-0.15, -0.1) is 0 Å². The molecule has 6 N–H and O–H groups in total. The fourth-order valence-electron chi connectivity index (χ4n) is 5.09. The summed E-state index contributed by atoms with van der Waals surface area (Å²) in [5.41, 5.74) is 15.9. The molecule has 0 atom stereocenters. The van der Waals surface area contributed by atoms with E-state index in [1.54, 1.807) is 26.0 Å². The molecule has 0 amide bonds. The number of hydrogen-bond acceptors (Lipinski definition) is 8. The Morgan fingerprint density at radius 3 is 1.77 bits per heavy atom. The molecule has 4 rings (SSSR count). The van der Waals surface area contributed by atoms with Gasteiger partial charge in [0, 0.05) is 51.3 Å². The summed E-state index contributed by atoms with van der Waals surface area (Å²) in [6.45, 7) is 21.7. The predicted octanol–water partition coefficient (Wildman–Crippen LogP) is 7.75. The maximum Gasteiger partial charge on any atom is 0.330 e. The first-order valence-electron chi connectivity index (χ1n) is 16.0. The zero-order valence-electron chi connectivity index (χ0n) is 27.3. The molecule has 2 aromatic rings. The number of ether oxygens (including phenoxy) is 2. The number of hydrogen-bond donors (Lipinski definition) is 4. The van der Waals surface area contributed by atoms with Gasteiger partial charge >= 0.3 is 11.9 Å². The summed E-state index contributed by atoms with van der Waals surface area (Å²) < 4.78 is 10.5. The molecule has 10 nitrogen and oxygen atoms in total. The number of carbonyl (C=O) groups is 2. The summed E-state index contributed by atoms with van der Waals surface area (Å²) in [6, 6.07) is 12.7. The van der Waals surface area contributed by atoms with E-state index in [2.05, 4.69) is 54.2 Å². The summed E-state index contributed by atoms with van der Waals surface area (Å²) in [5, 5.41) is 7.04. The third-order valence-corrected chi connectivity index (χ3v) is 8.59. The molecule has 11 heteroatoms. The van der Waals surface area contributed by atoms with Crippen LogP contribution in [0.3, 0.4) is 0 Å².